The van der Waals surface area contributed by atoms with Crippen LogP contribution in [0.4, 0.5) is 10.2 Å². The highest BCUT2D eigenvalue weighted by molar-refractivity contribution is 5.88. The number of hydrogen-bond acceptors (Lipinski definition) is 5. The SMILES string of the molecule is COc1ccc(F)c2c1cc(C)n2CCNc1cc(-c2cccc(-n3cccn3)c2)ncn1. The van der Waals surface area contributed by atoms with Crippen LogP contribution < -0.4 is 10.1 Å². The van der Waals surface area contributed by atoms with Gasteiger partial charge < -0.3 is 14.6 Å². The Bertz CT molecular complexity index is 1410. The zero-order chi connectivity index (χ0) is 22.8. The van der Waals surface area contributed by atoms with Crippen LogP contribution in [0.2, 0.25) is 0 Å². The van der Waals surface area contributed by atoms with Crippen LogP contribution in [0.3, 0.4) is 0 Å². The number of nitrogens with one attached hydrogen (secondary N) is 1. The van der Waals surface area contributed by atoms with E-state index in [1.165, 1.54) is 6.07 Å². The van der Waals surface area contributed by atoms with Crippen LogP contribution in [0.1, 0.15) is 5.69 Å². The van der Waals surface area contributed by atoms with Crippen LogP contribution in [0.5, 0.6) is 5.75 Å². The van der Waals surface area contributed by atoms with Crippen LogP contribution in [-0.2, 0) is 6.54 Å². The van der Waals surface area contributed by atoms with Crippen LogP contribution in [0.25, 0.3) is 27.8 Å². The van der Waals surface area contributed by atoms with E-state index in [9.17, 15) is 4.39 Å². The second-order valence-corrected chi connectivity index (χ2v) is 7.67. The molecule has 0 fully saturated rings. The van der Waals surface area contributed by atoms with Crippen molar-refractivity contribution in [3.63, 3.8) is 0 Å². The van der Waals surface area contributed by atoms with Crippen LogP contribution in [0.15, 0.2) is 73.3 Å². The molecule has 7 nitrogen and oxygen atoms in total. The van der Waals surface area contributed by atoms with Gasteiger partial charge in [-0.1, -0.05) is 12.1 Å². The van der Waals surface area contributed by atoms with Gasteiger partial charge in [-0.15, -0.1) is 0 Å². The zero-order valence-electron chi connectivity index (χ0n) is 18.4. The van der Waals surface area contributed by atoms with E-state index < -0.39 is 0 Å². The van der Waals surface area contributed by atoms with E-state index in [-0.39, 0.29) is 5.82 Å². The molecule has 0 bridgehead atoms. The molecule has 0 saturated heterocycles. The van der Waals surface area contributed by atoms with Crippen molar-refractivity contribution in [2.75, 3.05) is 19.0 Å². The van der Waals surface area contributed by atoms with Gasteiger partial charge in [0, 0.05) is 48.2 Å². The summed E-state index contributed by atoms with van der Waals surface area (Å²) in [6, 6.07) is 16.9. The lowest BCUT2D eigenvalue weighted by Crippen LogP contribution is -2.13. The second-order valence-electron chi connectivity index (χ2n) is 7.67. The lowest BCUT2D eigenvalue weighted by Gasteiger charge is -2.12. The number of rotatable bonds is 7. The second kappa shape index (κ2) is 8.74. The van der Waals surface area contributed by atoms with Crippen molar-refractivity contribution in [2.24, 2.45) is 0 Å². The van der Waals surface area contributed by atoms with E-state index in [0.717, 1.165) is 28.0 Å². The van der Waals surface area contributed by atoms with Crippen molar-refractivity contribution in [3.05, 3.63) is 84.8 Å². The van der Waals surface area contributed by atoms with Crippen molar-refractivity contribution >= 4 is 16.7 Å². The van der Waals surface area contributed by atoms with Crippen molar-refractivity contribution in [3.8, 4) is 22.7 Å². The Labute approximate surface area is 190 Å². The standard InChI is InChI=1S/C25H23FN6O/c1-17-13-20-23(33-2)8-7-21(26)25(20)31(17)12-10-27-24-15-22(28-16-29-24)18-5-3-6-19(14-18)32-11-4-9-30-32/h3-9,11,13-16H,10,12H2,1-2H3,(H,27,28,29). The summed E-state index contributed by atoms with van der Waals surface area (Å²) in [6.07, 6.45) is 5.19. The van der Waals surface area contributed by atoms with Crippen molar-refractivity contribution in [1.29, 1.82) is 0 Å². The fourth-order valence-corrected chi connectivity index (χ4v) is 4.04. The third kappa shape index (κ3) is 4.03. The van der Waals surface area contributed by atoms with E-state index in [0.29, 0.717) is 30.2 Å². The first-order valence-electron chi connectivity index (χ1n) is 10.6. The number of benzene rings is 2. The Balaban J connectivity index is 1.34. The molecule has 3 heterocycles. The maximum atomic E-state index is 14.6. The van der Waals surface area contributed by atoms with Crippen LogP contribution in [0, 0.1) is 12.7 Å². The molecule has 2 aromatic carbocycles. The fourth-order valence-electron chi connectivity index (χ4n) is 4.04. The molecule has 1 N–H and O–H groups in total. The Morgan fingerprint density at radius 3 is 2.79 bits per heavy atom. The molecule has 0 saturated carbocycles. The quantitative estimate of drug-likeness (QED) is 0.390. The van der Waals surface area contributed by atoms with Gasteiger partial charge in [-0.25, -0.2) is 19.0 Å². The minimum atomic E-state index is -0.264. The first-order valence-corrected chi connectivity index (χ1v) is 10.6. The van der Waals surface area contributed by atoms with Gasteiger partial charge in [0.05, 0.1) is 24.0 Å². The Morgan fingerprint density at radius 1 is 1.06 bits per heavy atom. The number of fused-ring (bicyclic) bond motifs is 1. The number of anilines is 1. The lowest BCUT2D eigenvalue weighted by molar-refractivity contribution is 0.419. The van der Waals surface area contributed by atoms with Gasteiger partial charge in [-0.05, 0) is 43.3 Å². The number of aromatic nitrogens is 5. The minimum absolute atomic E-state index is 0.264. The average molecular weight is 442 g/mol. The fraction of sp³-hybridized carbons (Fsp3) is 0.160. The summed E-state index contributed by atoms with van der Waals surface area (Å²) in [7, 11) is 1.60. The maximum absolute atomic E-state index is 14.6. The lowest BCUT2D eigenvalue weighted by atomic mass is 10.1. The summed E-state index contributed by atoms with van der Waals surface area (Å²) in [4.78, 5) is 8.77. The van der Waals surface area contributed by atoms with E-state index in [4.69, 9.17) is 4.74 Å². The molecular weight excluding hydrogens is 419 g/mol. The van der Waals surface area contributed by atoms with Crippen molar-refractivity contribution < 1.29 is 9.13 Å². The number of nitrogens with zero attached hydrogens (tertiary/aromatic N) is 5. The Hall–Kier alpha value is -4.20. The zero-order valence-corrected chi connectivity index (χ0v) is 18.4. The first kappa shape index (κ1) is 20.7. The number of ether oxygens (including phenoxy) is 1. The van der Waals surface area contributed by atoms with Gasteiger partial charge in [0.25, 0.3) is 0 Å². The number of hydrogen-bond donors (Lipinski definition) is 1. The molecular formula is C25H23FN6O. The molecule has 0 spiro atoms. The number of methoxy groups -OCH3 is 1. The first-order chi connectivity index (χ1) is 16.1. The highest BCUT2D eigenvalue weighted by Crippen LogP contribution is 2.31. The van der Waals surface area contributed by atoms with Gasteiger partial charge in [0.15, 0.2) is 0 Å². The molecule has 0 aliphatic heterocycles. The maximum Gasteiger partial charge on any atom is 0.147 e. The normalized spacial score (nSPS) is 11.1. The van der Waals surface area contributed by atoms with Gasteiger partial charge >= 0.3 is 0 Å². The molecule has 33 heavy (non-hydrogen) atoms. The molecule has 5 aromatic rings. The topological polar surface area (TPSA) is 69.8 Å². The summed E-state index contributed by atoms with van der Waals surface area (Å²) in [5.74, 6) is 1.11. The molecule has 0 atom stereocenters. The third-order valence-corrected chi connectivity index (χ3v) is 5.62. The van der Waals surface area contributed by atoms with E-state index in [1.54, 1.807) is 25.7 Å². The third-order valence-electron chi connectivity index (χ3n) is 5.62. The smallest absolute Gasteiger partial charge is 0.147 e. The van der Waals surface area contributed by atoms with Gasteiger partial charge in [-0.2, -0.15) is 5.10 Å². The Morgan fingerprint density at radius 2 is 1.97 bits per heavy atom. The largest absolute Gasteiger partial charge is 0.496 e. The predicted octanol–water partition coefficient (Wildman–Crippen LogP) is 4.85. The summed E-state index contributed by atoms with van der Waals surface area (Å²) in [6.45, 7) is 3.12. The van der Waals surface area contributed by atoms with E-state index in [1.807, 2.05) is 64.8 Å². The molecule has 8 heteroatoms. The summed E-state index contributed by atoms with van der Waals surface area (Å²) >= 11 is 0. The molecule has 0 aliphatic carbocycles. The molecule has 3 aromatic heterocycles. The monoisotopic (exact) mass is 442 g/mol. The van der Waals surface area contributed by atoms with Crippen molar-refractivity contribution in [2.45, 2.75) is 13.5 Å². The molecule has 0 aliphatic rings. The number of aryl methyl sites for hydroxylation is 1. The molecule has 166 valence electrons. The van der Waals surface area contributed by atoms with Gasteiger partial charge in [0.2, 0.25) is 0 Å². The van der Waals surface area contributed by atoms with E-state index >= 15 is 0 Å². The number of halogens is 1. The summed E-state index contributed by atoms with van der Waals surface area (Å²) < 4.78 is 23.7. The molecule has 0 amide bonds. The summed E-state index contributed by atoms with van der Waals surface area (Å²) in [5, 5.41) is 8.39. The predicted molar refractivity (Wildman–Crippen MR) is 126 cm³/mol. The van der Waals surface area contributed by atoms with Crippen LogP contribution >= 0.6 is 0 Å². The van der Waals surface area contributed by atoms with Crippen molar-refractivity contribution in [1.82, 2.24) is 24.3 Å². The average Bonchev–Trinajstić information content (AvgIpc) is 3.49. The van der Waals surface area contributed by atoms with E-state index in [2.05, 4.69) is 20.4 Å². The minimum Gasteiger partial charge on any atom is -0.496 e. The molecule has 5 rings (SSSR count). The molecule has 0 radical (unpaired) electrons. The van der Waals surface area contributed by atoms with Gasteiger partial charge in [-0.3, -0.25) is 0 Å². The molecule has 0 unspecified atom stereocenters. The highest BCUT2D eigenvalue weighted by Gasteiger charge is 2.14. The summed E-state index contributed by atoms with van der Waals surface area (Å²) in [5.41, 5.74) is 4.24. The van der Waals surface area contributed by atoms with Gasteiger partial charge in [0.1, 0.15) is 23.7 Å². The highest BCUT2D eigenvalue weighted by atomic mass is 19.1. The van der Waals surface area contributed by atoms with Crippen LogP contribution in [-0.4, -0.2) is 38.0 Å². The Kier molecular flexibility index (Phi) is 5.48.